The second-order valence-electron chi connectivity index (χ2n) is 2.37. The maximum Gasteiger partial charge on any atom is 0.200 e. The van der Waals surface area contributed by atoms with Gasteiger partial charge in [0.1, 0.15) is 0 Å². The lowest BCUT2D eigenvalue weighted by molar-refractivity contribution is 0.381. The van der Waals surface area contributed by atoms with Crippen LogP contribution in [0.5, 0.6) is 0 Å². The van der Waals surface area contributed by atoms with Gasteiger partial charge >= 0.3 is 0 Å². The van der Waals surface area contributed by atoms with E-state index in [1.165, 1.54) is 11.6 Å². The van der Waals surface area contributed by atoms with Gasteiger partial charge in [0.05, 0.1) is 5.87 Å². The van der Waals surface area contributed by atoms with Gasteiger partial charge in [0.2, 0.25) is 5.82 Å². The maximum absolute atomic E-state index is 12.8. The molecule has 0 amide bonds. The van der Waals surface area contributed by atoms with Crippen molar-refractivity contribution in [1.82, 2.24) is 0 Å². The summed E-state index contributed by atoms with van der Waals surface area (Å²) in [5.41, 5.74) is 0.0653. The molecule has 0 heterocycles. The van der Waals surface area contributed by atoms with Crippen LogP contribution < -0.4 is 0 Å². The monoisotopic (exact) mass is 233 g/mol. The molecule has 82 valence electrons. The van der Waals surface area contributed by atoms with Gasteiger partial charge in [-0.25, -0.2) is 26.7 Å². The zero-order valence-electron chi connectivity index (χ0n) is 7.25. The molecule has 0 atom stereocenters. The number of rotatable bonds is 1. The van der Waals surface area contributed by atoms with E-state index in [1.807, 2.05) is 0 Å². The minimum atomic E-state index is -2.29. The highest BCUT2D eigenvalue weighted by molar-refractivity contribution is 5.66. The summed E-state index contributed by atoms with van der Waals surface area (Å²) in [6.07, 6.45) is 0. The van der Waals surface area contributed by atoms with Crippen LogP contribution in [0.2, 0.25) is 0 Å². The summed E-state index contributed by atoms with van der Waals surface area (Å²) in [6.45, 7) is 0. The summed E-state index contributed by atoms with van der Waals surface area (Å²) in [4.78, 5) is 12.3. The molecule has 1 aromatic carbocycles. The Morgan fingerprint density at radius 1 is 0.812 bits per heavy atom. The average Bonchev–Trinajstić information content (AvgIpc) is 2.28. The fourth-order valence-corrected chi connectivity index (χ4v) is 0.798. The molecule has 0 bridgehead atoms. The van der Waals surface area contributed by atoms with Crippen molar-refractivity contribution in [2.45, 2.75) is 0 Å². The normalized spacial score (nSPS) is 9.06. The Hall–Kier alpha value is -2.19. The minimum Gasteiger partial charge on any atom is -0.223 e. The van der Waals surface area contributed by atoms with E-state index in [9.17, 15) is 26.7 Å². The molecule has 1 rings (SSSR count). The van der Waals surface area contributed by atoms with Crippen molar-refractivity contribution in [2.75, 3.05) is 0 Å². The van der Waals surface area contributed by atoms with Crippen molar-refractivity contribution in [2.24, 2.45) is 4.99 Å². The van der Waals surface area contributed by atoms with E-state index in [-0.39, 0.29) is 0 Å². The number of hydrogen-bond acceptors (Lipinski definition) is 2. The summed E-state index contributed by atoms with van der Waals surface area (Å²) in [6, 6.07) is 0. The molecule has 0 saturated carbocycles. The van der Waals surface area contributed by atoms with Crippen LogP contribution in [0.1, 0.15) is 0 Å². The smallest absolute Gasteiger partial charge is 0.200 e. The number of nitrogens with zero attached hydrogens (tertiary/aromatic N) is 1. The van der Waals surface area contributed by atoms with Gasteiger partial charge in [-0.1, -0.05) is 0 Å². The van der Waals surface area contributed by atoms with Gasteiger partial charge in [-0.05, 0) is 0 Å². The van der Waals surface area contributed by atoms with E-state index in [4.69, 9.17) is 0 Å². The lowest BCUT2D eigenvalue weighted by atomic mass is 10.2. The van der Waals surface area contributed by atoms with E-state index in [1.54, 1.807) is 0 Å². The Morgan fingerprint density at radius 3 is 1.69 bits per heavy atom. The van der Waals surface area contributed by atoms with Gasteiger partial charge in [0, 0.05) is 5.73 Å². The van der Waals surface area contributed by atoms with Gasteiger partial charge in [-0.3, -0.25) is 0 Å². The van der Waals surface area contributed by atoms with Crippen molar-refractivity contribution in [3.8, 4) is 0 Å². The third-order valence-corrected chi connectivity index (χ3v) is 1.46. The van der Waals surface area contributed by atoms with Crippen LogP contribution in [0.4, 0.5) is 27.6 Å². The van der Waals surface area contributed by atoms with Crippen LogP contribution in [0.25, 0.3) is 0 Å². The first-order valence-electron chi connectivity index (χ1n) is 3.60. The molecule has 0 spiro atoms. The summed E-state index contributed by atoms with van der Waals surface area (Å²) < 4.78 is 63.3. The highest BCUT2D eigenvalue weighted by atomic mass is 19.2. The van der Waals surface area contributed by atoms with Crippen molar-refractivity contribution in [3.05, 3.63) is 34.8 Å². The molecule has 0 fully saturated rings. The first-order valence-corrected chi connectivity index (χ1v) is 3.60. The highest BCUT2D eigenvalue weighted by Gasteiger charge is 2.25. The predicted molar refractivity (Wildman–Crippen MR) is 42.5 cm³/mol. The quantitative estimate of drug-likeness (QED) is 0.182. The molecule has 0 aliphatic heterocycles. The standard InChI is InChI=1S/C9F5NO/c10-4-5(11)7(13)9(8(14)6(4)12)15-2-1-3-16. The molecule has 0 radical (unpaired) electrons. The Balaban J connectivity index is 3.64. The molecule has 0 saturated heterocycles. The molecule has 0 unspecified atom stereocenters. The van der Waals surface area contributed by atoms with Gasteiger partial charge in [-0.2, -0.15) is 4.99 Å². The molecule has 0 N–H and O–H groups in total. The summed E-state index contributed by atoms with van der Waals surface area (Å²) in [7, 11) is 0. The fourth-order valence-electron chi connectivity index (χ4n) is 0.798. The maximum atomic E-state index is 12.8. The highest BCUT2D eigenvalue weighted by Crippen LogP contribution is 2.28. The first-order chi connectivity index (χ1) is 7.50. The van der Waals surface area contributed by atoms with E-state index in [0.29, 0.717) is 0 Å². The molecule has 1 aromatic rings. The topological polar surface area (TPSA) is 29.4 Å². The Morgan fingerprint density at radius 2 is 1.25 bits per heavy atom. The van der Waals surface area contributed by atoms with Gasteiger partial charge < -0.3 is 0 Å². The molecule has 0 aliphatic carbocycles. The van der Waals surface area contributed by atoms with Crippen molar-refractivity contribution in [3.63, 3.8) is 0 Å². The van der Waals surface area contributed by atoms with Crippen molar-refractivity contribution in [1.29, 1.82) is 0 Å². The third-order valence-electron chi connectivity index (χ3n) is 1.46. The number of benzene rings is 1. The molecule has 0 aliphatic rings. The second-order valence-corrected chi connectivity index (χ2v) is 2.37. The Bertz CT molecular complexity index is 535. The predicted octanol–water partition coefficient (Wildman–Crippen LogP) is 2.23. The minimum absolute atomic E-state index is 1.01. The van der Waals surface area contributed by atoms with Crippen LogP contribution >= 0.6 is 0 Å². The molecule has 2 nitrogen and oxygen atoms in total. The number of carbonyl (C=O) groups excluding carboxylic acids is 1. The van der Waals surface area contributed by atoms with Gasteiger partial charge in [0.25, 0.3) is 0 Å². The zero-order chi connectivity index (χ0) is 12.3. The first kappa shape index (κ1) is 11.9. The van der Waals surface area contributed by atoms with Crippen molar-refractivity contribution < 1.29 is 26.7 Å². The van der Waals surface area contributed by atoms with E-state index < -0.39 is 34.8 Å². The van der Waals surface area contributed by atoms with Crippen molar-refractivity contribution >= 4 is 17.5 Å². The van der Waals surface area contributed by atoms with Crippen LogP contribution in [-0.4, -0.2) is 11.8 Å². The number of halogens is 5. The summed E-state index contributed by atoms with van der Waals surface area (Å²) in [5, 5.41) is 0. The summed E-state index contributed by atoms with van der Waals surface area (Å²) >= 11 is 0. The average molecular weight is 233 g/mol. The van der Waals surface area contributed by atoms with E-state index >= 15 is 0 Å². The van der Waals surface area contributed by atoms with Gasteiger partial charge in [0.15, 0.2) is 34.9 Å². The summed E-state index contributed by atoms with van der Waals surface area (Å²) in [5.74, 6) is -8.25. The molecule has 7 heteroatoms. The Kier molecular flexibility index (Phi) is 3.38. The number of aliphatic imine (C=N–C) groups is 1. The zero-order valence-corrected chi connectivity index (χ0v) is 7.25. The van der Waals surface area contributed by atoms with Gasteiger partial charge in [-0.15, -0.1) is 0 Å². The van der Waals surface area contributed by atoms with Crippen LogP contribution in [0, 0.1) is 29.1 Å². The lowest BCUT2D eigenvalue weighted by Gasteiger charge is -2.01. The Labute approximate surface area is 85.0 Å². The van der Waals surface area contributed by atoms with E-state index in [2.05, 4.69) is 4.99 Å². The second kappa shape index (κ2) is 4.55. The lowest BCUT2D eigenvalue weighted by Crippen LogP contribution is -2.00. The van der Waals surface area contributed by atoms with Crippen LogP contribution in [0.15, 0.2) is 10.7 Å². The third kappa shape index (κ3) is 1.92. The SMILES string of the molecule is O=C=C=C=Nc1c(F)c(F)c(F)c(F)c1F. The van der Waals surface area contributed by atoms with Crippen LogP contribution in [-0.2, 0) is 4.79 Å². The number of hydrogen-bond donors (Lipinski definition) is 0. The van der Waals surface area contributed by atoms with Crippen LogP contribution in [0.3, 0.4) is 0 Å². The molecular formula is C9F5NO. The molecule has 16 heavy (non-hydrogen) atoms. The molecular weight excluding hydrogens is 233 g/mol. The molecule has 0 aromatic heterocycles. The van der Waals surface area contributed by atoms with E-state index in [0.717, 1.165) is 5.94 Å². The largest absolute Gasteiger partial charge is 0.223 e. The fraction of sp³-hybridized carbons (Fsp3) is 0.